The Kier molecular flexibility index (Phi) is 5.99. The zero-order valence-corrected chi connectivity index (χ0v) is 17.4. The minimum atomic E-state index is -4.66. The van der Waals surface area contributed by atoms with Crippen LogP contribution in [0.4, 0.5) is 24.9 Å². The Morgan fingerprint density at radius 1 is 1.30 bits per heavy atom. The number of hydrogen-bond donors (Lipinski definition) is 4. The quantitative estimate of drug-likeness (QED) is 0.433. The van der Waals surface area contributed by atoms with Gasteiger partial charge < -0.3 is 21.9 Å². The summed E-state index contributed by atoms with van der Waals surface area (Å²) in [5, 5.41) is 13.7. The van der Waals surface area contributed by atoms with Crippen LogP contribution in [0.1, 0.15) is 52.1 Å². The normalized spacial score (nSPS) is 32.8. The summed E-state index contributed by atoms with van der Waals surface area (Å²) in [5.41, 5.74) is 9.77. The number of allylic oxidation sites excluding steroid dienone is 1. The summed E-state index contributed by atoms with van der Waals surface area (Å²) < 4.78 is 40.2. The summed E-state index contributed by atoms with van der Waals surface area (Å²) in [6.45, 7) is 5.48. The Morgan fingerprint density at radius 2 is 2.00 bits per heavy atom. The first-order valence-electron chi connectivity index (χ1n) is 10.1. The molecule has 0 spiro atoms. The number of rotatable bonds is 4. The summed E-state index contributed by atoms with van der Waals surface area (Å²) >= 11 is 0. The standard InChI is InChI=1S/C20H29F3N6O/c1-10-4-12-6-13(9-19(3,30)8-12)17(10)29-18-26-14(20(21,22)23)7-16(28-18)27-15(25)5-11(2)24/h5,7,10,12-13,17,30H,4,6,8-9,24H2,1-3H3,(H3,25,26,27,28,29)/b11-5-. The number of anilines is 1. The molecule has 1 aromatic heterocycles. The van der Waals surface area contributed by atoms with E-state index >= 15 is 0 Å². The molecule has 10 heteroatoms. The first kappa shape index (κ1) is 22.3. The number of nitrogens with one attached hydrogen (secondary N) is 1. The fourth-order valence-corrected chi connectivity index (χ4v) is 4.96. The number of aliphatic imine (C=N–C) groups is 1. The second kappa shape index (κ2) is 8.05. The molecule has 166 valence electrons. The summed E-state index contributed by atoms with van der Waals surface area (Å²) in [6, 6.07) is 0.612. The highest BCUT2D eigenvalue weighted by Gasteiger charge is 2.45. The lowest BCUT2D eigenvalue weighted by Gasteiger charge is -2.49. The summed E-state index contributed by atoms with van der Waals surface area (Å²) in [4.78, 5) is 11.8. The SMILES string of the molecule is C/C(N)=C/C(N)=Nc1cc(C(F)(F)F)nc(NC2C(C)CC3CC2CC(C)(O)C3)n1. The van der Waals surface area contributed by atoms with E-state index in [9.17, 15) is 18.3 Å². The van der Waals surface area contributed by atoms with Crippen LogP contribution in [0.15, 0.2) is 22.8 Å². The van der Waals surface area contributed by atoms with Crippen molar-refractivity contribution in [2.24, 2.45) is 34.2 Å². The number of alkyl halides is 3. The molecular weight excluding hydrogens is 397 g/mol. The molecule has 0 radical (unpaired) electrons. The second-order valence-electron chi connectivity index (χ2n) is 9.01. The van der Waals surface area contributed by atoms with E-state index in [1.54, 1.807) is 6.92 Å². The van der Waals surface area contributed by atoms with Gasteiger partial charge in [-0.1, -0.05) is 6.92 Å². The Balaban J connectivity index is 1.92. The van der Waals surface area contributed by atoms with Gasteiger partial charge in [-0.15, -0.1) is 0 Å². The van der Waals surface area contributed by atoms with E-state index in [2.05, 4.69) is 27.2 Å². The van der Waals surface area contributed by atoms with Gasteiger partial charge in [0, 0.05) is 17.8 Å². The van der Waals surface area contributed by atoms with Gasteiger partial charge in [0.2, 0.25) is 5.95 Å². The molecule has 6 N–H and O–H groups in total. The molecule has 1 heterocycles. The van der Waals surface area contributed by atoms with Crippen molar-refractivity contribution in [3.63, 3.8) is 0 Å². The van der Waals surface area contributed by atoms with Gasteiger partial charge in [-0.3, -0.25) is 0 Å². The Hall–Kier alpha value is -2.36. The lowest BCUT2D eigenvalue weighted by Crippen LogP contribution is -2.50. The van der Waals surface area contributed by atoms with Crippen molar-refractivity contribution >= 4 is 17.6 Å². The number of hydrogen-bond acceptors (Lipinski definition) is 6. The van der Waals surface area contributed by atoms with Crippen LogP contribution in [-0.4, -0.2) is 32.6 Å². The topological polar surface area (TPSA) is 122 Å². The second-order valence-corrected chi connectivity index (χ2v) is 9.01. The van der Waals surface area contributed by atoms with E-state index in [0.29, 0.717) is 18.0 Å². The molecule has 2 bridgehead atoms. The highest BCUT2D eigenvalue weighted by atomic mass is 19.4. The maximum atomic E-state index is 13.4. The van der Waals surface area contributed by atoms with Gasteiger partial charge >= 0.3 is 6.18 Å². The molecule has 0 aromatic carbocycles. The molecule has 30 heavy (non-hydrogen) atoms. The van der Waals surface area contributed by atoms with Crippen LogP contribution in [0.5, 0.6) is 0 Å². The van der Waals surface area contributed by atoms with Gasteiger partial charge in [0.1, 0.15) is 5.84 Å². The Bertz CT molecular complexity index is 845. The number of amidine groups is 1. The lowest BCUT2D eigenvalue weighted by atomic mass is 9.61. The van der Waals surface area contributed by atoms with Crippen molar-refractivity contribution in [1.29, 1.82) is 0 Å². The molecule has 2 saturated carbocycles. The minimum absolute atomic E-state index is 0.0509. The zero-order valence-electron chi connectivity index (χ0n) is 17.4. The van der Waals surface area contributed by atoms with Crippen molar-refractivity contribution in [3.05, 3.63) is 23.5 Å². The fourth-order valence-electron chi connectivity index (χ4n) is 4.96. The molecule has 5 unspecified atom stereocenters. The third-order valence-corrected chi connectivity index (χ3v) is 5.81. The zero-order chi connectivity index (χ0) is 22.3. The highest BCUT2D eigenvalue weighted by Crippen LogP contribution is 2.47. The number of nitrogens with two attached hydrogens (primary N) is 2. The Labute approximate surface area is 173 Å². The van der Waals surface area contributed by atoms with Crippen LogP contribution in [0.2, 0.25) is 0 Å². The molecule has 2 fully saturated rings. The van der Waals surface area contributed by atoms with E-state index in [1.807, 2.05) is 6.92 Å². The number of aromatic nitrogens is 2. The molecule has 2 aliphatic carbocycles. The molecule has 5 atom stereocenters. The van der Waals surface area contributed by atoms with Crippen LogP contribution in [0.3, 0.4) is 0 Å². The van der Waals surface area contributed by atoms with Crippen LogP contribution in [-0.2, 0) is 6.18 Å². The van der Waals surface area contributed by atoms with Crippen molar-refractivity contribution < 1.29 is 18.3 Å². The molecule has 3 rings (SSSR count). The van der Waals surface area contributed by atoms with E-state index in [-0.39, 0.29) is 35.5 Å². The van der Waals surface area contributed by atoms with Crippen molar-refractivity contribution in [3.8, 4) is 0 Å². The number of halogens is 3. The van der Waals surface area contributed by atoms with Crippen LogP contribution in [0, 0.1) is 17.8 Å². The predicted molar refractivity (Wildman–Crippen MR) is 109 cm³/mol. The number of fused-ring (bicyclic) bond motifs is 2. The fraction of sp³-hybridized carbons (Fsp3) is 0.650. The van der Waals surface area contributed by atoms with Crippen LogP contribution < -0.4 is 16.8 Å². The van der Waals surface area contributed by atoms with Crippen molar-refractivity contribution in [1.82, 2.24) is 9.97 Å². The average Bonchev–Trinajstić information content (AvgIpc) is 2.55. The lowest BCUT2D eigenvalue weighted by molar-refractivity contribution is -0.141. The maximum absolute atomic E-state index is 13.4. The molecule has 1 aromatic rings. The van der Waals surface area contributed by atoms with Gasteiger partial charge in [0.05, 0.1) is 5.60 Å². The number of nitrogens with zero attached hydrogens (tertiary/aromatic N) is 3. The maximum Gasteiger partial charge on any atom is 0.433 e. The molecule has 0 saturated heterocycles. The van der Waals surface area contributed by atoms with Crippen molar-refractivity contribution in [2.75, 3.05) is 5.32 Å². The smallest absolute Gasteiger partial charge is 0.402 e. The highest BCUT2D eigenvalue weighted by molar-refractivity contribution is 5.93. The molecule has 0 aliphatic heterocycles. The monoisotopic (exact) mass is 426 g/mol. The van der Waals surface area contributed by atoms with E-state index in [1.165, 1.54) is 6.08 Å². The first-order chi connectivity index (χ1) is 13.8. The summed E-state index contributed by atoms with van der Waals surface area (Å²) in [6.07, 6.45) is -0.154. The van der Waals surface area contributed by atoms with E-state index in [4.69, 9.17) is 11.5 Å². The number of aliphatic hydroxyl groups is 1. The Morgan fingerprint density at radius 3 is 2.63 bits per heavy atom. The molecule has 0 amide bonds. The third kappa shape index (κ3) is 5.41. The average molecular weight is 426 g/mol. The van der Waals surface area contributed by atoms with Gasteiger partial charge in [-0.25, -0.2) is 9.98 Å². The van der Waals surface area contributed by atoms with Gasteiger partial charge in [0.25, 0.3) is 0 Å². The predicted octanol–water partition coefficient (Wildman–Crippen LogP) is 3.33. The summed E-state index contributed by atoms with van der Waals surface area (Å²) in [7, 11) is 0. The molecule has 2 aliphatic rings. The van der Waals surface area contributed by atoms with Gasteiger partial charge in [-0.2, -0.15) is 18.2 Å². The van der Waals surface area contributed by atoms with E-state index < -0.39 is 17.5 Å². The van der Waals surface area contributed by atoms with Gasteiger partial charge in [-0.05, 0) is 63.4 Å². The minimum Gasteiger partial charge on any atom is -0.402 e. The summed E-state index contributed by atoms with van der Waals surface area (Å²) in [5.74, 6) is 0.353. The van der Waals surface area contributed by atoms with Crippen LogP contribution >= 0.6 is 0 Å². The van der Waals surface area contributed by atoms with Crippen molar-refractivity contribution in [2.45, 2.75) is 64.3 Å². The van der Waals surface area contributed by atoms with Gasteiger partial charge in [0.15, 0.2) is 11.5 Å². The molecule has 7 nitrogen and oxygen atoms in total. The molecular formula is C20H29F3N6O. The largest absolute Gasteiger partial charge is 0.433 e. The first-order valence-corrected chi connectivity index (χ1v) is 10.1. The van der Waals surface area contributed by atoms with Crippen LogP contribution in [0.25, 0.3) is 0 Å². The van der Waals surface area contributed by atoms with E-state index in [0.717, 1.165) is 25.3 Å². The third-order valence-electron chi connectivity index (χ3n) is 5.81.